The second-order valence-electron chi connectivity index (χ2n) is 4.86. The molecule has 0 spiro atoms. The molecule has 1 aliphatic carbocycles. The first-order valence-corrected chi connectivity index (χ1v) is 6.67. The summed E-state index contributed by atoms with van der Waals surface area (Å²) in [7, 11) is 0. The van der Waals surface area contributed by atoms with Crippen molar-refractivity contribution in [3.8, 4) is 0 Å². The molecule has 19 heavy (non-hydrogen) atoms. The first-order chi connectivity index (χ1) is 8.99. The van der Waals surface area contributed by atoms with Gasteiger partial charge in [-0.05, 0) is 39.0 Å². The summed E-state index contributed by atoms with van der Waals surface area (Å²) in [6, 6.07) is 0. The van der Waals surface area contributed by atoms with Crippen molar-refractivity contribution in [2.24, 2.45) is 0 Å². The second-order valence-corrected chi connectivity index (χ2v) is 4.86. The maximum atomic E-state index is 11.5. The van der Waals surface area contributed by atoms with Gasteiger partial charge in [-0.2, -0.15) is 0 Å². The largest absolute Gasteiger partial charge is 0.508 e. The molecule has 0 aromatic rings. The van der Waals surface area contributed by atoms with Crippen LogP contribution in [0.5, 0.6) is 0 Å². The summed E-state index contributed by atoms with van der Waals surface area (Å²) >= 11 is 0. The lowest BCUT2D eigenvalue weighted by Gasteiger charge is -2.26. The Labute approximate surface area is 113 Å². The summed E-state index contributed by atoms with van der Waals surface area (Å²) in [4.78, 5) is 22.6. The predicted octanol–water partition coefficient (Wildman–Crippen LogP) is 2.98. The molecule has 0 amide bonds. The van der Waals surface area contributed by atoms with Gasteiger partial charge >= 0.3 is 12.1 Å². The fourth-order valence-corrected chi connectivity index (χ4v) is 2.14. The van der Waals surface area contributed by atoms with E-state index >= 15 is 0 Å². The standard InChI is InChI=1S/C14H22O5/c1-4-14(7-5-6-8-14)19-13(16)18-10-9-17-12(15)11(2)3/h2,4-10H2,1,3H3. The van der Waals surface area contributed by atoms with Gasteiger partial charge in [0.05, 0.1) is 0 Å². The lowest BCUT2D eigenvalue weighted by Crippen LogP contribution is -2.32. The molecule has 0 saturated heterocycles. The molecule has 0 atom stereocenters. The van der Waals surface area contributed by atoms with Gasteiger partial charge in [0.2, 0.25) is 0 Å². The number of hydrogen-bond acceptors (Lipinski definition) is 5. The zero-order valence-corrected chi connectivity index (χ0v) is 11.7. The number of carbonyl (C=O) groups excluding carboxylic acids is 2. The minimum atomic E-state index is -0.685. The topological polar surface area (TPSA) is 61.8 Å². The Hall–Kier alpha value is -1.52. The molecule has 108 valence electrons. The number of rotatable bonds is 6. The van der Waals surface area contributed by atoms with Gasteiger partial charge in [-0.15, -0.1) is 0 Å². The summed E-state index contributed by atoms with van der Waals surface area (Å²) in [6.45, 7) is 7.03. The summed E-state index contributed by atoms with van der Waals surface area (Å²) in [5, 5.41) is 0. The minimum absolute atomic E-state index is 0.00233. The highest BCUT2D eigenvalue weighted by atomic mass is 16.7. The van der Waals surface area contributed by atoms with Crippen molar-refractivity contribution in [3.63, 3.8) is 0 Å². The number of esters is 1. The highest BCUT2D eigenvalue weighted by Crippen LogP contribution is 2.36. The fourth-order valence-electron chi connectivity index (χ4n) is 2.14. The smallest absolute Gasteiger partial charge is 0.459 e. The molecule has 1 aliphatic rings. The van der Waals surface area contributed by atoms with Crippen molar-refractivity contribution in [1.29, 1.82) is 0 Å². The van der Waals surface area contributed by atoms with E-state index in [-0.39, 0.29) is 18.8 Å². The Morgan fingerprint density at radius 1 is 1.16 bits per heavy atom. The monoisotopic (exact) mass is 270 g/mol. The van der Waals surface area contributed by atoms with Crippen LogP contribution >= 0.6 is 0 Å². The fraction of sp³-hybridized carbons (Fsp3) is 0.714. The van der Waals surface area contributed by atoms with Crippen LogP contribution in [0, 0.1) is 0 Å². The molecule has 0 bridgehead atoms. The number of hydrogen-bond donors (Lipinski definition) is 0. The molecule has 0 radical (unpaired) electrons. The van der Waals surface area contributed by atoms with E-state index in [1.54, 1.807) is 6.92 Å². The minimum Gasteiger partial charge on any atom is -0.459 e. The molecule has 0 aliphatic heterocycles. The Morgan fingerprint density at radius 2 is 1.74 bits per heavy atom. The van der Waals surface area contributed by atoms with Crippen LogP contribution in [0.1, 0.15) is 46.0 Å². The number of carbonyl (C=O) groups is 2. The predicted molar refractivity (Wildman–Crippen MR) is 69.7 cm³/mol. The molecular weight excluding hydrogens is 248 g/mol. The molecule has 1 fully saturated rings. The van der Waals surface area contributed by atoms with Crippen LogP contribution in [0.25, 0.3) is 0 Å². The van der Waals surface area contributed by atoms with Gasteiger partial charge in [0.15, 0.2) is 0 Å². The molecule has 0 N–H and O–H groups in total. The molecule has 5 heteroatoms. The van der Waals surface area contributed by atoms with E-state index in [9.17, 15) is 9.59 Å². The van der Waals surface area contributed by atoms with E-state index in [2.05, 4.69) is 6.58 Å². The average Bonchev–Trinajstić information content (AvgIpc) is 2.83. The van der Waals surface area contributed by atoms with E-state index in [1.807, 2.05) is 6.92 Å². The zero-order valence-electron chi connectivity index (χ0n) is 11.7. The van der Waals surface area contributed by atoms with E-state index in [0.717, 1.165) is 32.1 Å². The van der Waals surface area contributed by atoms with Gasteiger partial charge in [-0.25, -0.2) is 9.59 Å². The Bertz CT molecular complexity index is 342. The van der Waals surface area contributed by atoms with Crippen LogP contribution in [0.15, 0.2) is 12.2 Å². The van der Waals surface area contributed by atoms with E-state index in [0.29, 0.717) is 5.57 Å². The highest BCUT2D eigenvalue weighted by molar-refractivity contribution is 5.86. The molecule has 0 aromatic heterocycles. The van der Waals surface area contributed by atoms with Crippen LogP contribution in [0.4, 0.5) is 4.79 Å². The molecule has 0 aromatic carbocycles. The molecule has 1 rings (SSSR count). The summed E-state index contributed by atoms with van der Waals surface area (Å²) < 4.78 is 15.1. The maximum Gasteiger partial charge on any atom is 0.508 e. The first kappa shape index (κ1) is 15.5. The molecule has 5 nitrogen and oxygen atoms in total. The molecule has 1 saturated carbocycles. The lowest BCUT2D eigenvalue weighted by molar-refractivity contribution is -0.140. The van der Waals surface area contributed by atoms with Crippen LogP contribution in [0.3, 0.4) is 0 Å². The van der Waals surface area contributed by atoms with E-state index in [1.165, 1.54) is 0 Å². The maximum absolute atomic E-state index is 11.5. The Kier molecular flexibility index (Phi) is 5.86. The molecule has 0 heterocycles. The van der Waals surface area contributed by atoms with Gasteiger partial charge in [0.1, 0.15) is 18.8 Å². The highest BCUT2D eigenvalue weighted by Gasteiger charge is 2.36. The van der Waals surface area contributed by atoms with E-state index < -0.39 is 12.1 Å². The van der Waals surface area contributed by atoms with Crippen LogP contribution in [-0.2, 0) is 19.0 Å². The van der Waals surface area contributed by atoms with Crippen LogP contribution in [-0.4, -0.2) is 30.9 Å². The normalized spacial score (nSPS) is 16.7. The lowest BCUT2D eigenvalue weighted by atomic mass is 9.99. The molecule has 0 unspecified atom stereocenters. The number of ether oxygens (including phenoxy) is 3. The van der Waals surface area contributed by atoms with Gasteiger partial charge in [0, 0.05) is 5.57 Å². The van der Waals surface area contributed by atoms with Crippen molar-refractivity contribution in [1.82, 2.24) is 0 Å². The van der Waals surface area contributed by atoms with Gasteiger partial charge < -0.3 is 14.2 Å². The van der Waals surface area contributed by atoms with Crippen LogP contribution in [0.2, 0.25) is 0 Å². The Balaban J connectivity index is 2.21. The average molecular weight is 270 g/mol. The van der Waals surface area contributed by atoms with Crippen molar-refractivity contribution in [2.75, 3.05) is 13.2 Å². The Morgan fingerprint density at radius 3 is 2.26 bits per heavy atom. The van der Waals surface area contributed by atoms with Crippen LogP contribution < -0.4 is 0 Å². The quantitative estimate of drug-likeness (QED) is 0.422. The summed E-state index contributed by atoms with van der Waals surface area (Å²) in [5.41, 5.74) is -0.0377. The van der Waals surface area contributed by atoms with Crippen molar-refractivity contribution < 1.29 is 23.8 Å². The third-order valence-electron chi connectivity index (χ3n) is 3.34. The van der Waals surface area contributed by atoms with E-state index in [4.69, 9.17) is 14.2 Å². The van der Waals surface area contributed by atoms with Gasteiger partial charge in [-0.1, -0.05) is 13.5 Å². The first-order valence-electron chi connectivity index (χ1n) is 6.67. The third-order valence-corrected chi connectivity index (χ3v) is 3.34. The summed E-state index contributed by atoms with van der Waals surface area (Å²) in [5.74, 6) is -0.488. The third kappa shape index (κ3) is 4.93. The summed E-state index contributed by atoms with van der Waals surface area (Å²) in [6.07, 6.45) is 4.06. The second kappa shape index (κ2) is 7.16. The van der Waals surface area contributed by atoms with Crippen molar-refractivity contribution in [3.05, 3.63) is 12.2 Å². The zero-order chi connectivity index (χ0) is 14.3. The van der Waals surface area contributed by atoms with Gasteiger partial charge in [0.25, 0.3) is 0 Å². The van der Waals surface area contributed by atoms with Crippen molar-refractivity contribution in [2.45, 2.75) is 51.6 Å². The SMILES string of the molecule is C=C(C)C(=O)OCCOC(=O)OC1(CC)CCCC1. The van der Waals surface area contributed by atoms with Crippen molar-refractivity contribution >= 4 is 12.1 Å². The van der Waals surface area contributed by atoms with Gasteiger partial charge in [-0.3, -0.25) is 0 Å². The molecular formula is C14H22O5.